The molecule has 1 aliphatic rings. The summed E-state index contributed by atoms with van der Waals surface area (Å²) >= 11 is 2.24. The summed E-state index contributed by atoms with van der Waals surface area (Å²) in [5.74, 6) is -0.0124. The van der Waals surface area contributed by atoms with Crippen LogP contribution < -0.4 is 29.6 Å². The normalized spacial score (nSPS) is 15.8. The van der Waals surface area contributed by atoms with Crippen LogP contribution in [0.1, 0.15) is 135 Å². The standard InChI is InChI=1S/C62H70N2O8S2/c1-5-7-9-11-13-15-41-71-51-29-21-43(22-30-51)55-57(59(65)63-47-25-17-45(18-26-47)61(67)73-53-37-33-49(69-3)34-38-53)56(44-23-31-52(32-24-44)72-42-16-14-12-10-8-6-2)58(55)60(66)64-48-27-19-46(20-28-48)62(68)74-54-39-35-50(70-4)36-40-54/h17-40,55-58H,5-16,41-42H2,1-4H3,(H,63,65)(H,64,66). The maximum absolute atomic E-state index is 14.9. The Morgan fingerprint density at radius 1 is 0.405 bits per heavy atom. The Labute approximate surface area is 446 Å². The zero-order valence-electron chi connectivity index (χ0n) is 43.1. The highest BCUT2D eigenvalue weighted by Crippen LogP contribution is 2.58. The maximum Gasteiger partial charge on any atom is 0.228 e. The molecular formula is C62H70N2O8S2. The lowest BCUT2D eigenvalue weighted by molar-refractivity contribution is -0.134. The van der Waals surface area contributed by atoms with Gasteiger partial charge in [0.15, 0.2) is 0 Å². The van der Waals surface area contributed by atoms with E-state index in [9.17, 15) is 19.2 Å². The lowest BCUT2D eigenvalue weighted by Gasteiger charge is -2.50. The van der Waals surface area contributed by atoms with Gasteiger partial charge in [-0.25, -0.2) is 0 Å². The topological polar surface area (TPSA) is 129 Å². The molecule has 0 aromatic heterocycles. The molecule has 0 bridgehead atoms. The number of methoxy groups -OCH3 is 2. The van der Waals surface area contributed by atoms with E-state index in [1.165, 1.54) is 51.4 Å². The van der Waals surface area contributed by atoms with Crippen LogP contribution in [0.5, 0.6) is 23.0 Å². The van der Waals surface area contributed by atoms with Gasteiger partial charge in [0.2, 0.25) is 22.0 Å². The van der Waals surface area contributed by atoms with Gasteiger partial charge in [-0.1, -0.05) is 102 Å². The fourth-order valence-corrected chi connectivity index (χ4v) is 10.9. The number of anilines is 2. The number of hydrogen-bond donors (Lipinski definition) is 2. The van der Waals surface area contributed by atoms with Crippen molar-refractivity contribution in [2.75, 3.05) is 38.1 Å². The van der Waals surface area contributed by atoms with Crippen molar-refractivity contribution in [2.45, 2.75) is 113 Å². The number of nitrogens with one attached hydrogen (secondary N) is 2. The van der Waals surface area contributed by atoms with Crippen LogP contribution in [-0.4, -0.2) is 49.5 Å². The summed E-state index contributed by atoms with van der Waals surface area (Å²) in [6.07, 6.45) is 13.9. The van der Waals surface area contributed by atoms with E-state index in [1.807, 2.05) is 97.1 Å². The second kappa shape index (κ2) is 28.8. The molecule has 0 aliphatic heterocycles. The quantitative estimate of drug-likeness (QED) is 0.0362. The van der Waals surface area contributed by atoms with E-state index in [1.54, 1.807) is 62.8 Å². The molecule has 2 amide bonds. The highest BCUT2D eigenvalue weighted by molar-refractivity contribution is 8.14. The Morgan fingerprint density at radius 2 is 0.730 bits per heavy atom. The number of benzene rings is 6. The molecule has 0 unspecified atom stereocenters. The smallest absolute Gasteiger partial charge is 0.228 e. The Bertz CT molecular complexity index is 2500. The lowest BCUT2D eigenvalue weighted by atomic mass is 9.52. The van der Waals surface area contributed by atoms with Gasteiger partial charge in [-0.2, -0.15) is 0 Å². The van der Waals surface area contributed by atoms with Crippen LogP contribution in [0.3, 0.4) is 0 Å². The molecule has 1 fully saturated rings. The first kappa shape index (κ1) is 55.3. The predicted molar refractivity (Wildman–Crippen MR) is 300 cm³/mol. The van der Waals surface area contributed by atoms with Crippen molar-refractivity contribution >= 4 is 56.9 Å². The predicted octanol–water partition coefficient (Wildman–Crippen LogP) is 15.4. The Kier molecular flexibility index (Phi) is 21.5. The molecule has 6 aromatic carbocycles. The molecule has 10 nitrogen and oxygen atoms in total. The Balaban J connectivity index is 1.13. The van der Waals surface area contributed by atoms with Crippen molar-refractivity contribution in [1.82, 2.24) is 0 Å². The number of ether oxygens (including phenoxy) is 4. The fraction of sp³-hybridized carbons (Fsp3) is 0.355. The minimum Gasteiger partial charge on any atom is -0.497 e. The second-order valence-corrected chi connectivity index (χ2v) is 20.8. The van der Waals surface area contributed by atoms with Crippen molar-refractivity contribution in [3.05, 3.63) is 168 Å². The van der Waals surface area contributed by atoms with Gasteiger partial charge in [-0.15, -0.1) is 0 Å². The largest absolute Gasteiger partial charge is 0.497 e. The minimum atomic E-state index is -0.669. The van der Waals surface area contributed by atoms with E-state index < -0.39 is 23.7 Å². The van der Waals surface area contributed by atoms with Crippen LogP contribution in [-0.2, 0) is 9.59 Å². The summed E-state index contributed by atoms with van der Waals surface area (Å²) in [6, 6.07) is 44.0. The van der Waals surface area contributed by atoms with E-state index in [0.717, 1.165) is 81.6 Å². The number of hydrogen-bond acceptors (Lipinski definition) is 10. The maximum atomic E-state index is 14.9. The minimum absolute atomic E-state index is 0.131. The molecule has 12 heteroatoms. The van der Waals surface area contributed by atoms with E-state index in [0.29, 0.717) is 47.2 Å². The van der Waals surface area contributed by atoms with Crippen LogP contribution in [0.15, 0.2) is 155 Å². The van der Waals surface area contributed by atoms with E-state index in [2.05, 4.69) is 24.5 Å². The third-order valence-corrected chi connectivity index (χ3v) is 15.4. The van der Waals surface area contributed by atoms with Gasteiger partial charge in [-0.3, -0.25) is 19.2 Å². The summed E-state index contributed by atoms with van der Waals surface area (Å²) in [6.45, 7) is 5.66. The zero-order chi connectivity index (χ0) is 52.1. The summed E-state index contributed by atoms with van der Waals surface area (Å²) in [5, 5.41) is 6.05. The highest BCUT2D eigenvalue weighted by Gasteiger charge is 2.58. The average molecular weight is 1040 g/mol. The summed E-state index contributed by atoms with van der Waals surface area (Å²) in [7, 11) is 3.20. The number of carbonyl (C=O) groups is 4. The monoisotopic (exact) mass is 1030 g/mol. The first-order chi connectivity index (χ1) is 36.2. The van der Waals surface area contributed by atoms with Gasteiger partial charge >= 0.3 is 0 Å². The van der Waals surface area contributed by atoms with Crippen LogP contribution in [0.2, 0.25) is 0 Å². The lowest BCUT2D eigenvalue weighted by Crippen LogP contribution is -2.53. The number of unbranched alkanes of at least 4 members (excludes halogenated alkanes) is 10. The van der Waals surface area contributed by atoms with Crippen LogP contribution >= 0.6 is 23.5 Å². The van der Waals surface area contributed by atoms with Crippen molar-refractivity contribution < 1.29 is 38.1 Å². The molecule has 74 heavy (non-hydrogen) atoms. The number of thioether (sulfide) groups is 2. The summed E-state index contributed by atoms with van der Waals surface area (Å²) < 4.78 is 22.9. The van der Waals surface area contributed by atoms with Crippen LogP contribution in [0, 0.1) is 11.8 Å². The molecule has 0 radical (unpaired) electrons. The first-order valence-corrected chi connectivity index (χ1v) is 27.8. The molecule has 1 aliphatic carbocycles. The molecule has 2 N–H and O–H groups in total. The molecular weight excluding hydrogens is 965 g/mol. The number of rotatable bonds is 28. The van der Waals surface area contributed by atoms with Gasteiger partial charge in [-0.05, 0) is 169 Å². The average Bonchev–Trinajstić information content (AvgIpc) is 3.41. The van der Waals surface area contributed by atoms with Gasteiger partial charge < -0.3 is 29.6 Å². The van der Waals surface area contributed by atoms with E-state index >= 15 is 0 Å². The van der Waals surface area contributed by atoms with E-state index in [-0.39, 0.29) is 22.0 Å². The number of amides is 2. The van der Waals surface area contributed by atoms with Gasteiger partial charge in [0, 0.05) is 44.1 Å². The molecule has 0 saturated heterocycles. The third kappa shape index (κ3) is 15.8. The molecule has 388 valence electrons. The number of carbonyl (C=O) groups excluding carboxylic acids is 4. The van der Waals surface area contributed by atoms with Crippen LogP contribution in [0.25, 0.3) is 0 Å². The molecule has 0 heterocycles. The van der Waals surface area contributed by atoms with Gasteiger partial charge in [0.25, 0.3) is 0 Å². The SMILES string of the molecule is CCCCCCCCOc1ccc(C2C(C(=O)Nc3ccc(C(=O)Sc4ccc(OC)cc4)cc3)C(c3ccc(OCCCCCCCC)cc3)C2C(=O)Nc2ccc(C(=O)Sc3ccc(OC)cc3)cc2)cc1. The van der Waals surface area contributed by atoms with Crippen molar-refractivity contribution in [3.8, 4) is 23.0 Å². The fourth-order valence-electron chi connectivity index (χ4n) is 9.40. The second-order valence-electron chi connectivity index (χ2n) is 18.7. The van der Waals surface area contributed by atoms with Crippen LogP contribution in [0.4, 0.5) is 11.4 Å². The zero-order valence-corrected chi connectivity index (χ0v) is 44.8. The van der Waals surface area contributed by atoms with Gasteiger partial charge in [0.1, 0.15) is 23.0 Å². The molecule has 0 atom stereocenters. The van der Waals surface area contributed by atoms with Crippen molar-refractivity contribution in [2.24, 2.45) is 11.8 Å². The third-order valence-electron chi connectivity index (χ3n) is 13.5. The Hall–Kier alpha value is -6.50. The summed E-state index contributed by atoms with van der Waals surface area (Å²) in [4.78, 5) is 58.0. The van der Waals surface area contributed by atoms with Crippen molar-refractivity contribution in [3.63, 3.8) is 0 Å². The van der Waals surface area contributed by atoms with Gasteiger partial charge in [0.05, 0.1) is 39.3 Å². The Morgan fingerprint density at radius 3 is 1.07 bits per heavy atom. The molecule has 6 aromatic rings. The molecule has 0 spiro atoms. The highest BCUT2D eigenvalue weighted by atomic mass is 32.2. The summed E-state index contributed by atoms with van der Waals surface area (Å²) in [5.41, 5.74) is 3.71. The molecule has 7 rings (SSSR count). The molecule has 1 saturated carbocycles. The first-order valence-electron chi connectivity index (χ1n) is 26.2. The van der Waals surface area contributed by atoms with E-state index in [4.69, 9.17) is 18.9 Å². The van der Waals surface area contributed by atoms with Crippen molar-refractivity contribution in [1.29, 1.82) is 0 Å².